The molecule has 158 valence electrons. The number of alkyl halides is 3. The van der Waals surface area contributed by atoms with E-state index < -0.39 is 30.3 Å². The molecular weight excluding hydrogens is 475 g/mol. The van der Waals surface area contributed by atoms with Gasteiger partial charge in [-0.3, -0.25) is 9.48 Å². The number of carbonyl (C=O) groups excluding carboxylic acids is 2. The molecule has 0 saturated carbocycles. The van der Waals surface area contributed by atoms with E-state index in [1.165, 1.54) is 25.4 Å². The van der Waals surface area contributed by atoms with Crippen LogP contribution in [-0.2, 0) is 35.1 Å². The first-order valence-corrected chi connectivity index (χ1v) is 10.5. The van der Waals surface area contributed by atoms with E-state index in [-0.39, 0.29) is 10.2 Å². The van der Waals surface area contributed by atoms with E-state index in [4.69, 9.17) is 4.74 Å². The fourth-order valence-corrected chi connectivity index (χ4v) is 5.24. The molecule has 1 N–H and O–H groups in total. The Morgan fingerprint density at radius 1 is 1.41 bits per heavy atom. The summed E-state index contributed by atoms with van der Waals surface area (Å²) in [5.74, 6) is -0.640. The van der Waals surface area contributed by atoms with Crippen LogP contribution >= 0.6 is 27.3 Å². The Balaban J connectivity index is 1.86. The van der Waals surface area contributed by atoms with Crippen molar-refractivity contribution in [1.29, 1.82) is 0 Å². The van der Waals surface area contributed by atoms with Crippen LogP contribution in [0.3, 0.4) is 0 Å². The largest absolute Gasteiger partial charge is 0.465 e. The lowest BCUT2D eigenvalue weighted by molar-refractivity contribution is -0.142. The number of fused-ring (bicyclic) bond motifs is 1. The molecule has 1 atom stereocenters. The second-order valence-corrected chi connectivity index (χ2v) is 8.90. The average Bonchev–Trinajstić information content (AvgIpc) is 3.12. The molecule has 0 spiro atoms. The number of nitrogens with zero attached hydrogens (tertiary/aromatic N) is 2. The predicted octanol–water partition coefficient (Wildman–Crippen LogP) is 4.58. The van der Waals surface area contributed by atoms with Crippen molar-refractivity contribution in [1.82, 2.24) is 9.78 Å². The van der Waals surface area contributed by atoms with Crippen LogP contribution in [-0.4, -0.2) is 28.8 Å². The number of methoxy groups -OCH3 is 1. The van der Waals surface area contributed by atoms with Gasteiger partial charge >= 0.3 is 12.1 Å². The fraction of sp³-hybridized carbons (Fsp3) is 0.500. The number of amides is 1. The van der Waals surface area contributed by atoms with Crippen molar-refractivity contribution in [2.75, 3.05) is 12.4 Å². The first-order chi connectivity index (χ1) is 13.5. The van der Waals surface area contributed by atoms with Gasteiger partial charge in [-0.05, 0) is 53.6 Å². The van der Waals surface area contributed by atoms with Crippen molar-refractivity contribution in [2.24, 2.45) is 5.92 Å². The summed E-state index contributed by atoms with van der Waals surface area (Å²) in [6.07, 6.45) is -2.18. The van der Waals surface area contributed by atoms with Gasteiger partial charge in [0.1, 0.15) is 11.5 Å². The van der Waals surface area contributed by atoms with Gasteiger partial charge in [-0.1, -0.05) is 6.92 Å². The molecule has 6 nitrogen and oxygen atoms in total. The molecular formula is C18H19BrF3N3O3S. The number of thiophene rings is 1. The molecule has 0 fully saturated rings. The minimum Gasteiger partial charge on any atom is -0.465 e. The van der Waals surface area contributed by atoms with Crippen molar-refractivity contribution >= 4 is 44.1 Å². The Kier molecular flexibility index (Phi) is 6.09. The number of rotatable bonds is 4. The number of carbonyl (C=O) groups is 2. The molecule has 1 aliphatic rings. The third-order valence-electron chi connectivity index (χ3n) is 4.85. The smallest absolute Gasteiger partial charge is 0.436 e. The first-order valence-electron chi connectivity index (χ1n) is 8.85. The number of hydrogen-bond donors (Lipinski definition) is 1. The molecule has 2 aromatic heterocycles. The monoisotopic (exact) mass is 493 g/mol. The summed E-state index contributed by atoms with van der Waals surface area (Å²) in [5.41, 5.74) is 0.313. The fourth-order valence-electron chi connectivity index (χ4n) is 3.32. The van der Waals surface area contributed by atoms with Crippen LogP contribution < -0.4 is 5.32 Å². The van der Waals surface area contributed by atoms with E-state index in [9.17, 15) is 22.8 Å². The van der Waals surface area contributed by atoms with Gasteiger partial charge in [0.15, 0.2) is 5.69 Å². The molecule has 0 radical (unpaired) electrons. The topological polar surface area (TPSA) is 73.2 Å². The predicted molar refractivity (Wildman–Crippen MR) is 105 cm³/mol. The Morgan fingerprint density at radius 3 is 2.69 bits per heavy atom. The van der Waals surface area contributed by atoms with Gasteiger partial charge in [-0.25, -0.2) is 4.79 Å². The highest BCUT2D eigenvalue weighted by Gasteiger charge is 2.38. The molecule has 29 heavy (non-hydrogen) atoms. The molecule has 0 bridgehead atoms. The van der Waals surface area contributed by atoms with Gasteiger partial charge < -0.3 is 10.1 Å². The highest BCUT2D eigenvalue weighted by Crippen LogP contribution is 2.40. The Hall–Kier alpha value is -1.88. The van der Waals surface area contributed by atoms with Crippen LogP contribution in [0.5, 0.6) is 0 Å². The maximum absolute atomic E-state index is 13.0. The Labute approximate surface area is 177 Å². The third-order valence-corrected chi connectivity index (χ3v) is 6.97. The first kappa shape index (κ1) is 21.8. The summed E-state index contributed by atoms with van der Waals surface area (Å²) in [5, 5.41) is 6.53. The van der Waals surface area contributed by atoms with E-state index in [1.54, 1.807) is 0 Å². The lowest BCUT2D eigenvalue weighted by Crippen LogP contribution is -2.21. The number of anilines is 1. The van der Waals surface area contributed by atoms with E-state index in [0.717, 1.165) is 28.0 Å². The maximum atomic E-state index is 13.0. The molecule has 3 rings (SSSR count). The molecule has 1 amide bonds. The SMILES string of the molecule is COC(=O)c1c(NC(=O)Cn2nc(C(F)(F)F)c(Br)c2C)sc2c1CC[C@H](C)C2. The quantitative estimate of drug-likeness (QED) is 0.632. The van der Waals surface area contributed by atoms with Crippen molar-refractivity contribution in [3.8, 4) is 0 Å². The summed E-state index contributed by atoms with van der Waals surface area (Å²) < 4.78 is 44.7. The minimum absolute atomic E-state index is 0.181. The molecule has 0 aromatic carbocycles. The van der Waals surface area contributed by atoms with Gasteiger partial charge in [-0.2, -0.15) is 18.3 Å². The van der Waals surface area contributed by atoms with Crippen LogP contribution in [0.2, 0.25) is 0 Å². The highest BCUT2D eigenvalue weighted by molar-refractivity contribution is 9.10. The second kappa shape index (κ2) is 8.10. The summed E-state index contributed by atoms with van der Waals surface area (Å²) >= 11 is 4.20. The van der Waals surface area contributed by atoms with Crippen molar-refractivity contribution in [2.45, 2.75) is 45.8 Å². The van der Waals surface area contributed by atoms with Crippen molar-refractivity contribution in [3.63, 3.8) is 0 Å². The standard InChI is InChI=1S/C18H19BrF3N3O3S/c1-8-4-5-10-11(6-8)29-16(13(10)17(27)28-3)23-12(26)7-25-9(2)14(19)15(24-25)18(20,21)22/h8H,4-7H2,1-3H3,(H,23,26)/t8-/m0/s1. The van der Waals surface area contributed by atoms with Crippen LogP contribution in [0.1, 0.15) is 45.5 Å². The highest BCUT2D eigenvalue weighted by atomic mass is 79.9. The van der Waals surface area contributed by atoms with Crippen molar-refractivity contribution in [3.05, 3.63) is 31.9 Å². The minimum atomic E-state index is -4.63. The zero-order valence-corrected chi connectivity index (χ0v) is 18.3. The molecule has 0 saturated heterocycles. The van der Waals surface area contributed by atoms with Crippen LogP contribution in [0.25, 0.3) is 0 Å². The number of aromatic nitrogens is 2. The van der Waals surface area contributed by atoms with E-state index in [2.05, 4.69) is 33.3 Å². The molecule has 1 aliphatic carbocycles. The molecule has 2 aromatic rings. The van der Waals surface area contributed by atoms with E-state index in [1.807, 2.05) is 0 Å². The molecule has 2 heterocycles. The lowest BCUT2D eigenvalue weighted by Gasteiger charge is -2.18. The zero-order valence-electron chi connectivity index (χ0n) is 15.9. The summed E-state index contributed by atoms with van der Waals surface area (Å²) in [4.78, 5) is 25.8. The molecule has 0 aliphatic heterocycles. The van der Waals surface area contributed by atoms with E-state index in [0.29, 0.717) is 22.9 Å². The number of esters is 1. The number of nitrogens with one attached hydrogen (secondary N) is 1. The van der Waals surface area contributed by atoms with Crippen LogP contribution in [0.15, 0.2) is 4.47 Å². The summed E-state index contributed by atoms with van der Waals surface area (Å²) in [7, 11) is 1.27. The lowest BCUT2D eigenvalue weighted by atomic mass is 9.88. The third kappa shape index (κ3) is 4.35. The zero-order chi connectivity index (χ0) is 21.5. The number of hydrogen-bond acceptors (Lipinski definition) is 5. The van der Waals surface area contributed by atoms with Gasteiger partial charge in [0.2, 0.25) is 5.91 Å². The Bertz CT molecular complexity index is 968. The number of halogens is 4. The second-order valence-electron chi connectivity index (χ2n) is 7.00. The summed E-state index contributed by atoms with van der Waals surface area (Å²) in [6.45, 7) is 3.14. The molecule has 11 heteroatoms. The van der Waals surface area contributed by atoms with Gasteiger partial charge in [-0.15, -0.1) is 11.3 Å². The molecule has 0 unspecified atom stereocenters. The van der Waals surface area contributed by atoms with E-state index >= 15 is 0 Å². The Morgan fingerprint density at radius 2 is 2.10 bits per heavy atom. The maximum Gasteiger partial charge on any atom is 0.436 e. The average molecular weight is 494 g/mol. The normalized spacial score (nSPS) is 16.4. The van der Waals surface area contributed by atoms with Crippen molar-refractivity contribution < 1.29 is 27.5 Å². The van der Waals surface area contributed by atoms with Gasteiger partial charge in [0, 0.05) is 4.88 Å². The number of ether oxygens (including phenoxy) is 1. The van der Waals surface area contributed by atoms with Crippen LogP contribution in [0.4, 0.5) is 18.2 Å². The summed E-state index contributed by atoms with van der Waals surface area (Å²) in [6, 6.07) is 0. The van der Waals surface area contributed by atoms with Crippen LogP contribution in [0, 0.1) is 12.8 Å². The van der Waals surface area contributed by atoms with Gasteiger partial charge in [0.25, 0.3) is 0 Å². The van der Waals surface area contributed by atoms with Gasteiger partial charge in [0.05, 0.1) is 22.8 Å².